The number of ether oxygens (including phenoxy) is 1. The molecule has 0 spiro atoms. The quantitative estimate of drug-likeness (QED) is 0.483. The molecule has 2 aliphatic rings. The smallest absolute Gasteiger partial charge is 0.194 e. The van der Waals surface area contributed by atoms with Gasteiger partial charge in [0.25, 0.3) is 0 Å². The van der Waals surface area contributed by atoms with Crippen molar-refractivity contribution in [3.8, 4) is 0 Å². The van der Waals surface area contributed by atoms with E-state index in [2.05, 4.69) is 102 Å². The van der Waals surface area contributed by atoms with Crippen LogP contribution in [-0.4, -0.2) is 34.9 Å². The molecule has 3 atom stereocenters. The van der Waals surface area contributed by atoms with Crippen molar-refractivity contribution < 1.29 is 9.16 Å². The maximum atomic E-state index is 6.91. The molecule has 0 fully saturated rings. The summed E-state index contributed by atoms with van der Waals surface area (Å²) >= 11 is 0. The van der Waals surface area contributed by atoms with E-state index in [1.807, 2.05) is 0 Å². The van der Waals surface area contributed by atoms with E-state index < -0.39 is 16.4 Å². The molecule has 0 saturated carbocycles. The fourth-order valence-electron chi connectivity index (χ4n) is 3.65. The van der Waals surface area contributed by atoms with Crippen molar-refractivity contribution in [1.29, 1.82) is 0 Å². The van der Waals surface area contributed by atoms with Crippen molar-refractivity contribution in [2.45, 2.75) is 70.7 Å². The molecule has 1 aliphatic heterocycles. The summed E-state index contributed by atoms with van der Waals surface area (Å²) in [5, 5.41) is 1.65. The van der Waals surface area contributed by atoms with Crippen LogP contribution in [0, 0.1) is 5.92 Å². The van der Waals surface area contributed by atoms with Gasteiger partial charge in [-0.15, -0.1) is 0 Å². The Morgan fingerprint density at radius 2 is 1.72 bits per heavy atom. The highest BCUT2D eigenvalue weighted by molar-refractivity contribution is 6.83. The van der Waals surface area contributed by atoms with Crippen molar-refractivity contribution in [2.75, 3.05) is 6.61 Å². The summed E-state index contributed by atoms with van der Waals surface area (Å²) in [7, 11) is -3.38. The van der Waals surface area contributed by atoms with Gasteiger partial charge in [-0.05, 0) is 23.7 Å². The van der Waals surface area contributed by atoms with Gasteiger partial charge in [-0.2, -0.15) is 0 Å². The van der Waals surface area contributed by atoms with E-state index in [-0.39, 0.29) is 23.1 Å². The number of nitrogens with zero attached hydrogens (tertiary/aromatic N) is 1. The van der Waals surface area contributed by atoms with Gasteiger partial charge in [0.2, 0.25) is 0 Å². The Morgan fingerprint density at radius 1 is 1.07 bits per heavy atom. The van der Waals surface area contributed by atoms with E-state index in [9.17, 15) is 0 Å². The lowest BCUT2D eigenvalue weighted by Crippen LogP contribution is -2.44. The molecule has 0 aromatic heterocycles. The molecule has 0 amide bonds. The Balaban J connectivity index is 1.90. The summed E-state index contributed by atoms with van der Waals surface area (Å²) in [4.78, 5) is 5.10. The molecule has 3 nitrogen and oxygen atoms in total. The maximum absolute atomic E-state index is 6.91. The monoisotopic (exact) mass is 427 g/mol. The van der Waals surface area contributed by atoms with Crippen LogP contribution in [0.25, 0.3) is 0 Å². The van der Waals surface area contributed by atoms with Crippen LogP contribution in [0.15, 0.2) is 58.7 Å². The van der Waals surface area contributed by atoms with Gasteiger partial charge in [0.05, 0.1) is 20.1 Å². The first-order valence-electron chi connectivity index (χ1n) is 10.7. The fourth-order valence-corrected chi connectivity index (χ4v) is 6.68. The first-order chi connectivity index (χ1) is 13.4. The summed E-state index contributed by atoms with van der Waals surface area (Å²) in [6.07, 6.45) is 6.61. The Bertz CT molecular complexity index is 814. The number of hydrogen-bond donors (Lipinski definition) is 0. The minimum absolute atomic E-state index is 0.00147. The average molecular weight is 428 g/mol. The van der Waals surface area contributed by atoms with Gasteiger partial charge in [0.1, 0.15) is 12.6 Å². The molecule has 5 heteroatoms. The highest BCUT2D eigenvalue weighted by Gasteiger charge is 2.43. The predicted octanol–water partition coefficient (Wildman–Crippen LogP) is 6.54. The van der Waals surface area contributed by atoms with Gasteiger partial charge in [0.15, 0.2) is 14.2 Å². The molecule has 1 aromatic carbocycles. The van der Waals surface area contributed by atoms with Crippen LogP contribution in [0.2, 0.25) is 37.8 Å². The number of allylic oxidation sites excluding steroid dienone is 2. The molecule has 1 aromatic rings. The first-order valence-corrected chi connectivity index (χ1v) is 17.1. The lowest BCUT2D eigenvalue weighted by atomic mass is 10.0. The third kappa shape index (κ3) is 4.84. The number of hydrogen-bond acceptors (Lipinski definition) is 3. The zero-order chi connectivity index (χ0) is 21.4. The normalized spacial score (nSPS) is 23.6. The highest BCUT2D eigenvalue weighted by Crippen LogP contribution is 2.42. The molecular formula is C24H37NO2Si2. The molecule has 0 N–H and O–H groups in total. The molecule has 0 bridgehead atoms. The third-order valence-electron chi connectivity index (χ3n) is 6.45. The summed E-state index contributed by atoms with van der Waals surface area (Å²) in [6.45, 7) is 19.2. The predicted molar refractivity (Wildman–Crippen MR) is 129 cm³/mol. The van der Waals surface area contributed by atoms with Crippen molar-refractivity contribution >= 4 is 22.3 Å². The molecule has 0 radical (unpaired) electrons. The second kappa shape index (κ2) is 8.01. The van der Waals surface area contributed by atoms with Gasteiger partial charge in [-0.3, -0.25) is 0 Å². The summed E-state index contributed by atoms with van der Waals surface area (Å²) in [5.74, 6) is 1.08. The van der Waals surface area contributed by atoms with Crippen LogP contribution in [-0.2, 0) is 9.16 Å². The van der Waals surface area contributed by atoms with Gasteiger partial charge in [-0.1, -0.05) is 94.2 Å². The van der Waals surface area contributed by atoms with E-state index in [1.165, 1.54) is 10.8 Å². The lowest BCUT2D eigenvalue weighted by molar-refractivity contribution is 0.136. The molecule has 1 heterocycles. The van der Waals surface area contributed by atoms with Crippen molar-refractivity contribution in [3.63, 3.8) is 0 Å². The summed E-state index contributed by atoms with van der Waals surface area (Å²) < 4.78 is 13.1. The van der Waals surface area contributed by atoms with Crippen molar-refractivity contribution in [1.82, 2.24) is 0 Å². The standard InChI is InChI=1S/C24H37NO2Si2/c1-24(2,3)29(7,8)27-22(18-13-10-9-11-14-18)20-17-26-23(25-20)19-15-12-16-21(19)28(4,5)6/h9-16,19-20,22H,17H2,1-8H3/t19?,20-,22-/m0/s1. The largest absolute Gasteiger partial charge is 0.478 e. The van der Waals surface area contributed by atoms with Crippen LogP contribution in [0.4, 0.5) is 0 Å². The van der Waals surface area contributed by atoms with Crippen LogP contribution in [0.1, 0.15) is 32.4 Å². The van der Waals surface area contributed by atoms with E-state index in [0.717, 1.165) is 5.90 Å². The minimum atomic E-state index is -1.96. The van der Waals surface area contributed by atoms with Gasteiger partial charge in [-0.25, -0.2) is 4.99 Å². The second-order valence-electron chi connectivity index (χ2n) is 10.8. The maximum Gasteiger partial charge on any atom is 0.194 e. The molecule has 3 rings (SSSR count). The fraction of sp³-hybridized carbons (Fsp3) is 0.542. The van der Waals surface area contributed by atoms with Gasteiger partial charge >= 0.3 is 0 Å². The average Bonchev–Trinajstić information content (AvgIpc) is 3.28. The third-order valence-corrected chi connectivity index (χ3v) is 13.1. The van der Waals surface area contributed by atoms with Crippen LogP contribution >= 0.6 is 0 Å². The molecule has 158 valence electrons. The van der Waals surface area contributed by atoms with E-state index >= 15 is 0 Å². The van der Waals surface area contributed by atoms with Gasteiger partial charge in [0, 0.05) is 0 Å². The van der Waals surface area contributed by atoms with Gasteiger partial charge < -0.3 is 9.16 Å². The van der Waals surface area contributed by atoms with Crippen molar-refractivity contribution in [3.05, 3.63) is 59.3 Å². The molecule has 29 heavy (non-hydrogen) atoms. The van der Waals surface area contributed by atoms with Crippen LogP contribution in [0.5, 0.6) is 0 Å². The molecular weight excluding hydrogens is 390 g/mol. The van der Waals surface area contributed by atoms with Crippen molar-refractivity contribution in [2.24, 2.45) is 10.9 Å². The Hall–Kier alpha value is -1.44. The SMILES string of the molecule is CC(C)(C)[Si](C)(C)O[C@@H](c1ccccc1)[C@@H]1COC(C2C=CC=C2[Si](C)(C)C)=N1. The zero-order valence-electron chi connectivity index (χ0n) is 19.3. The number of rotatable bonds is 6. The topological polar surface area (TPSA) is 30.8 Å². The van der Waals surface area contributed by atoms with Crippen LogP contribution < -0.4 is 0 Å². The number of benzene rings is 1. The minimum Gasteiger partial charge on any atom is -0.478 e. The first kappa shape index (κ1) is 22.3. The Morgan fingerprint density at radius 3 is 2.31 bits per heavy atom. The Labute approximate surface area is 179 Å². The van der Waals surface area contributed by atoms with E-state index in [0.29, 0.717) is 6.61 Å². The molecule has 0 saturated heterocycles. The van der Waals surface area contributed by atoms with Crippen LogP contribution in [0.3, 0.4) is 0 Å². The molecule has 1 aliphatic carbocycles. The Kier molecular flexibility index (Phi) is 6.14. The molecule has 1 unspecified atom stereocenters. The summed E-state index contributed by atoms with van der Waals surface area (Å²) in [6, 6.07) is 10.6. The highest BCUT2D eigenvalue weighted by atomic mass is 28.4. The lowest BCUT2D eigenvalue weighted by Gasteiger charge is -2.40. The number of aliphatic imine (C=N–C) groups is 1. The zero-order valence-corrected chi connectivity index (χ0v) is 21.3. The van der Waals surface area contributed by atoms with E-state index in [1.54, 1.807) is 0 Å². The second-order valence-corrected chi connectivity index (χ2v) is 20.6. The summed E-state index contributed by atoms with van der Waals surface area (Å²) in [5.41, 5.74) is 1.19. The van der Waals surface area contributed by atoms with E-state index in [4.69, 9.17) is 14.2 Å².